The van der Waals surface area contributed by atoms with E-state index in [1.54, 1.807) is 12.1 Å². The molecule has 0 unspecified atom stereocenters. The zero-order valence-corrected chi connectivity index (χ0v) is 9.59. The summed E-state index contributed by atoms with van der Waals surface area (Å²) < 4.78 is 39.1. The van der Waals surface area contributed by atoms with Crippen LogP contribution in [0.2, 0.25) is 0 Å². The lowest BCUT2D eigenvalue weighted by Crippen LogP contribution is -2.14. The highest BCUT2D eigenvalue weighted by atomic mass is 19.2. The third-order valence-corrected chi connectivity index (χ3v) is 2.57. The summed E-state index contributed by atoms with van der Waals surface area (Å²) in [4.78, 5) is 0. The highest BCUT2D eigenvalue weighted by Gasteiger charge is 2.06. The van der Waals surface area contributed by atoms with E-state index in [-0.39, 0.29) is 17.9 Å². The van der Waals surface area contributed by atoms with E-state index in [4.69, 9.17) is 0 Å². The van der Waals surface area contributed by atoms with Crippen molar-refractivity contribution in [3.8, 4) is 0 Å². The van der Waals surface area contributed by atoms with Crippen LogP contribution in [0.1, 0.15) is 11.1 Å². The molecule has 94 valence electrons. The Morgan fingerprint density at radius 3 is 2.44 bits per heavy atom. The van der Waals surface area contributed by atoms with Gasteiger partial charge in [0.1, 0.15) is 5.82 Å². The van der Waals surface area contributed by atoms with Crippen LogP contribution in [0.5, 0.6) is 0 Å². The molecule has 2 rings (SSSR count). The second-order valence-corrected chi connectivity index (χ2v) is 3.95. The van der Waals surface area contributed by atoms with Gasteiger partial charge in [-0.3, -0.25) is 0 Å². The van der Waals surface area contributed by atoms with Gasteiger partial charge in [-0.25, -0.2) is 13.2 Å². The molecule has 0 fully saturated rings. The Bertz CT molecular complexity index is 540. The first-order chi connectivity index (χ1) is 8.66. The summed E-state index contributed by atoms with van der Waals surface area (Å²) in [5, 5.41) is 2.94. The summed E-state index contributed by atoms with van der Waals surface area (Å²) in [6.45, 7) is 0.591. The second kappa shape index (κ2) is 5.69. The monoisotopic (exact) mass is 251 g/mol. The van der Waals surface area contributed by atoms with E-state index in [0.29, 0.717) is 6.54 Å². The quantitative estimate of drug-likeness (QED) is 0.878. The van der Waals surface area contributed by atoms with Crippen molar-refractivity contribution in [1.29, 1.82) is 0 Å². The van der Waals surface area contributed by atoms with Crippen molar-refractivity contribution in [2.75, 3.05) is 0 Å². The third-order valence-electron chi connectivity index (χ3n) is 2.57. The van der Waals surface area contributed by atoms with Crippen LogP contribution < -0.4 is 5.32 Å². The Kier molecular flexibility index (Phi) is 3.99. The molecular weight excluding hydrogens is 239 g/mol. The summed E-state index contributed by atoms with van der Waals surface area (Å²) in [6.07, 6.45) is 0. The molecule has 2 aromatic rings. The van der Waals surface area contributed by atoms with Crippen molar-refractivity contribution in [1.82, 2.24) is 5.32 Å². The van der Waals surface area contributed by atoms with Crippen LogP contribution in [0.25, 0.3) is 0 Å². The summed E-state index contributed by atoms with van der Waals surface area (Å²) in [6, 6.07) is 10.2. The van der Waals surface area contributed by atoms with Crippen molar-refractivity contribution in [3.05, 3.63) is 71.0 Å². The predicted molar refractivity (Wildman–Crippen MR) is 63.3 cm³/mol. The Labute approximate surface area is 103 Å². The van der Waals surface area contributed by atoms with Gasteiger partial charge in [0.05, 0.1) is 0 Å². The Balaban J connectivity index is 1.94. The van der Waals surface area contributed by atoms with E-state index in [9.17, 15) is 13.2 Å². The molecule has 18 heavy (non-hydrogen) atoms. The molecule has 0 aliphatic carbocycles. The summed E-state index contributed by atoms with van der Waals surface area (Å²) in [7, 11) is 0. The fourth-order valence-corrected chi connectivity index (χ4v) is 1.67. The third kappa shape index (κ3) is 3.11. The fraction of sp³-hybridized carbons (Fsp3) is 0.143. The van der Waals surface area contributed by atoms with E-state index in [0.717, 1.165) is 11.6 Å². The molecule has 0 aromatic heterocycles. The first-order valence-electron chi connectivity index (χ1n) is 5.55. The maximum atomic E-state index is 13.3. The van der Waals surface area contributed by atoms with E-state index in [2.05, 4.69) is 5.32 Å². The number of halogens is 3. The SMILES string of the molecule is Fc1cccc(CNCc2cccc(F)c2F)c1. The Morgan fingerprint density at radius 1 is 0.889 bits per heavy atom. The maximum absolute atomic E-state index is 13.3. The van der Waals surface area contributed by atoms with Crippen molar-refractivity contribution < 1.29 is 13.2 Å². The Hall–Kier alpha value is -1.81. The molecular formula is C14H12F3N. The van der Waals surface area contributed by atoms with Crippen LogP contribution in [0.3, 0.4) is 0 Å². The number of hydrogen-bond donors (Lipinski definition) is 1. The van der Waals surface area contributed by atoms with Gasteiger partial charge >= 0.3 is 0 Å². The number of nitrogens with one attached hydrogen (secondary N) is 1. The van der Waals surface area contributed by atoms with E-state index in [1.165, 1.54) is 24.3 Å². The zero-order chi connectivity index (χ0) is 13.0. The van der Waals surface area contributed by atoms with Crippen molar-refractivity contribution in [3.63, 3.8) is 0 Å². The van der Waals surface area contributed by atoms with Crippen LogP contribution >= 0.6 is 0 Å². The minimum absolute atomic E-state index is 0.195. The van der Waals surface area contributed by atoms with Crippen LogP contribution in [0.4, 0.5) is 13.2 Å². The summed E-state index contributed by atoms with van der Waals surface area (Å²) >= 11 is 0. The topological polar surface area (TPSA) is 12.0 Å². The molecule has 0 saturated carbocycles. The second-order valence-electron chi connectivity index (χ2n) is 3.95. The van der Waals surface area contributed by atoms with E-state index >= 15 is 0 Å². The zero-order valence-electron chi connectivity index (χ0n) is 9.59. The predicted octanol–water partition coefficient (Wildman–Crippen LogP) is 3.39. The molecule has 0 aliphatic rings. The summed E-state index contributed by atoms with van der Waals surface area (Å²) in [5.41, 5.74) is 1.01. The van der Waals surface area contributed by atoms with Gasteiger partial charge in [0.15, 0.2) is 11.6 Å². The highest BCUT2D eigenvalue weighted by molar-refractivity contribution is 5.19. The van der Waals surface area contributed by atoms with Gasteiger partial charge < -0.3 is 5.32 Å². The van der Waals surface area contributed by atoms with Gasteiger partial charge in [0.25, 0.3) is 0 Å². The Morgan fingerprint density at radius 2 is 1.67 bits per heavy atom. The molecule has 0 amide bonds. The first-order valence-corrected chi connectivity index (χ1v) is 5.55. The molecule has 1 nitrogen and oxygen atoms in total. The molecule has 0 radical (unpaired) electrons. The van der Waals surface area contributed by atoms with Gasteiger partial charge in [0, 0.05) is 18.7 Å². The standard InChI is InChI=1S/C14H12F3N/c15-12-5-1-3-10(7-12)8-18-9-11-4-2-6-13(16)14(11)17/h1-7,18H,8-9H2. The van der Waals surface area contributed by atoms with E-state index in [1.807, 2.05) is 0 Å². The van der Waals surface area contributed by atoms with Crippen LogP contribution in [0, 0.1) is 17.5 Å². The minimum Gasteiger partial charge on any atom is -0.309 e. The van der Waals surface area contributed by atoms with Crippen molar-refractivity contribution in [2.45, 2.75) is 13.1 Å². The van der Waals surface area contributed by atoms with Crippen molar-refractivity contribution >= 4 is 0 Å². The van der Waals surface area contributed by atoms with E-state index < -0.39 is 11.6 Å². The first kappa shape index (κ1) is 12.6. The van der Waals surface area contributed by atoms with Crippen LogP contribution in [0.15, 0.2) is 42.5 Å². The molecule has 0 heterocycles. The van der Waals surface area contributed by atoms with Crippen LogP contribution in [-0.4, -0.2) is 0 Å². The number of hydrogen-bond acceptors (Lipinski definition) is 1. The molecule has 2 aromatic carbocycles. The maximum Gasteiger partial charge on any atom is 0.163 e. The molecule has 1 N–H and O–H groups in total. The molecule has 0 saturated heterocycles. The van der Waals surface area contributed by atoms with Crippen LogP contribution in [-0.2, 0) is 13.1 Å². The van der Waals surface area contributed by atoms with Crippen molar-refractivity contribution in [2.24, 2.45) is 0 Å². The smallest absolute Gasteiger partial charge is 0.163 e. The normalized spacial score (nSPS) is 10.6. The van der Waals surface area contributed by atoms with Gasteiger partial charge in [0.2, 0.25) is 0 Å². The molecule has 4 heteroatoms. The van der Waals surface area contributed by atoms with Gasteiger partial charge in [-0.15, -0.1) is 0 Å². The largest absolute Gasteiger partial charge is 0.309 e. The van der Waals surface area contributed by atoms with Gasteiger partial charge in [-0.1, -0.05) is 24.3 Å². The lowest BCUT2D eigenvalue weighted by molar-refractivity contribution is 0.492. The number of rotatable bonds is 4. The molecule has 0 spiro atoms. The number of benzene rings is 2. The van der Waals surface area contributed by atoms with Gasteiger partial charge in [-0.2, -0.15) is 0 Å². The average Bonchev–Trinajstić information content (AvgIpc) is 2.35. The molecule has 0 atom stereocenters. The average molecular weight is 251 g/mol. The van der Waals surface area contributed by atoms with Gasteiger partial charge in [-0.05, 0) is 23.8 Å². The fourth-order valence-electron chi connectivity index (χ4n) is 1.67. The minimum atomic E-state index is -0.861. The lowest BCUT2D eigenvalue weighted by atomic mass is 10.2. The summed E-state index contributed by atoms with van der Waals surface area (Å²) in [5.74, 6) is -2.02. The molecule has 0 aliphatic heterocycles. The molecule has 0 bridgehead atoms. The lowest BCUT2D eigenvalue weighted by Gasteiger charge is -2.06. The highest BCUT2D eigenvalue weighted by Crippen LogP contribution is 2.11.